The molecule has 3 N–H and O–H groups in total. The molecule has 0 aromatic carbocycles. The highest BCUT2D eigenvalue weighted by atomic mass is 16.5. The van der Waals surface area contributed by atoms with E-state index in [-0.39, 0.29) is 18.5 Å². The second kappa shape index (κ2) is 66.8. The molecule has 0 aliphatic carbocycles. The van der Waals surface area contributed by atoms with Crippen molar-refractivity contribution in [3.63, 3.8) is 0 Å². The molecule has 0 aliphatic rings. The molecule has 0 radical (unpaired) electrons. The monoisotopic (exact) mass is 1080 g/mol. The summed E-state index contributed by atoms with van der Waals surface area (Å²) in [6, 6.07) is -0.541. The largest absolute Gasteiger partial charge is 0.466 e. The molecule has 2 atom stereocenters. The van der Waals surface area contributed by atoms with Crippen LogP contribution in [0.5, 0.6) is 0 Å². The molecule has 6 heteroatoms. The number of aliphatic hydroxyl groups is 2. The van der Waals surface area contributed by atoms with Crippen molar-refractivity contribution < 1.29 is 24.5 Å². The number of hydrogen-bond donors (Lipinski definition) is 3. The first-order chi connectivity index (χ1) is 38.0. The smallest absolute Gasteiger partial charge is 0.305 e. The van der Waals surface area contributed by atoms with Gasteiger partial charge in [0, 0.05) is 12.8 Å². The van der Waals surface area contributed by atoms with Gasteiger partial charge in [0.15, 0.2) is 0 Å². The molecule has 0 rings (SSSR count). The zero-order chi connectivity index (χ0) is 55.7. The lowest BCUT2D eigenvalue weighted by molar-refractivity contribution is -0.143. The zero-order valence-corrected chi connectivity index (χ0v) is 52.2. The van der Waals surface area contributed by atoms with Crippen LogP contribution in [0.1, 0.15) is 393 Å². The summed E-state index contributed by atoms with van der Waals surface area (Å²) in [5.41, 5.74) is 0. The van der Waals surface area contributed by atoms with E-state index >= 15 is 0 Å². The minimum absolute atomic E-state index is 0.00319. The van der Waals surface area contributed by atoms with Gasteiger partial charge in [0.2, 0.25) is 5.91 Å². The van der Waals surface area contributed by atoms with E-state index in [1.54, 1.807) is 0 Å². The molecule has 0 aromatic heterocycles. The molecule has 77 heavy (non-hydrogen) atoms. The number of carbonyl (C=O) groups excluding carboxylic acids is 2. The second-order valence-electron chi connectivity index (χ2n) is 24.2. The minimum Gasteiger partial charge on any atom is -0.466 e. The van der Waals surface area contributed by atoms with Crippen LogP contribution in [0.2, 0.25) is 0 Å². The molecule has 0 saturated heterocycles. The molecule has 0 spiro atoms. The Bertz CT molecular complexity index is 1200. The van der Waals surface area contributed by atoms with Gasteiger partial charge in [0.25, 0.3) is 0 Å². The topological polar surface area (TPSA) is 95.9 Å². The lowest BCUT2D eigenvalue weighted by Crippen LogP contribution is -2.45. The molecule has 1 amide bonds. The standard InChI is InChI=1S/C71H137NO5/c1-3-5-7-9-11-13-15-17-19-20-21-29-32-36-39-43-47-51-55-59-63-69(74)68(67-73)72-70(75)64-60-56-52-48-44-40-37-33-30-27-25-23-22-24-26-28-31-34-38-42-46-50-54-58-62-66-77-71(76)65-61-57-53-49-45-41-35-18-16-14-12-10-8-6-4-2/h12,14,18,35,68-69,73-74H,3-11,13,15-17,19-34,36-67H2,1-2H3,(H,72,75)/b14-12-,35-18-. The molecular formula is C71H137NO5. The van der Waals surface area contributed by atoms with E-state index in [4.69, 9.17) is 4.74 Å². The molecule has 0 fully saturated rings. The van der Waals surface area contributed by atoms with Crippen molar-refractivity contribution in [3.8, 4) is 0 Å². The van der Waals surface area contributed by atoms with Crippen molar-refractivity contribution in [2.24, 2.45) is 0 Å². The van der Waals surface area contributed by atoms with Gasteiger partial charge in [-0.25, -0.2) is 0 Å². The van der Waals surface area contributed by atoms with Crippen LogP contribution in [0.25, 0.3) is 0 Å². The maximum Gasteiger partial charge on any atom is 0.305 e. The highest BCUT2D eigenvalue weighted by molar-refractivity contribution is 5.76. The highest BCUT2D eigenvalue weighted by Gasteiger charge is 2.20. The predicted molar refractivity (Wildman–Crippen MR) is 338 cm³/mol. The van der Waals surface area contributed by atoms with E-state index in [1.165, 1.54) is 308 Å². The number of amides is 1. The summed E-state index contributed by atoms with van der Waals surface area (Å²) < 4.78 is 5.49. The number of rotatable bonds is 66. The number of nitrogens with one attached hydrogen (secondary N) is 1. The van der Waals surface area contributed by atoms with E-state index in [0.29, 0.717) is 25.9 Å². The van der Waals surface area contributed by atoms with E-state index in [1.807, 2.05) is 0 Å². The predicted octanol–water partition coefficient (Wildman–Crippen LogP) is 22.5. The number of aliphatic hydroxyl groups excluding tert-OH is 2. The molecule has 0 saturated carbocycles. The lowest BCUT2D eigenvalue weighted by Gasteiger charge is -2.22. The lowest BCUT2D eigenvalue weighted by atomic mass is 10.0. The van der Waals surface area contributed by atoms with Gasteiger partial charge < -0.3 is 20.3 Å². The van der Waals surface area contributed by atoms with Gasteiger partial charge in [-0.05, 0) is 57.8 Å². The Kier molecular flexibility index (Phi) is 65.4. The molecule has 2 unspecified atom stereocenters. The van der Waals surface area contributed by atoms with E-state index in [9.17, 15) is 19.8 Å². The number of esters is 1. The molecule has 0 bridgehead atoms. The summed E-state index contributed by atoms with van der Waals surface area (Å²) in [6.07, 6.45) is 83.6. The Morgan fingerprint density at radius 2 is 0.649 bits per heavy atom. The first kappa shape index (κ1) is 75.3. The Morgan fingerprint density at radius 3 is 1.01 bits per heavy atom. The van der Waals surface area contributed by atoms with Crippen LogP contribution in [-0.4, -0.2) is 47.4 Å². The summed E-state index contributed by atoms with van der Waals surface area (Å²) in [5.74, 6) is -0.0259. The maximum atomic E-state index is 12.5. The van der Waals surface area contributed by atoms with Gasteiger partial charge in [-0.3, -0.25) is 9.59 Å². The van der Waals surface area contributed by atoms with Gasteiger partial charge in [0.1, 0.15) is 0 Å². The van der Waals surface area contributed by atoms with Crippen LogP contribution in [0.15, 0.2) is 24.3 Å². The third-order valence-electron chi connectivity index (χ3n) is 16.5. The van der Waals surface area contributed by atoms with Gasteiger partial charge in [-0.15, -0.1) is 0 Å². The first-order valence-corrected chi connectivity index (χ1v) is 35.1. The Hall–Kier alpha value is -1.66. The van der Waals surface area contributed by atoms with Gasteiger partial charge in [0.05, 0.1) is 25.4 Å². The average molecular weight is 1080 g/mol. The fraction of sp³-hybridized carbons (Fsp3) is 0.915. The first-order valence-electron chi connectivity index (χ1n) is 35.1. The highest BCUT2D eigenvalue weighted by Crippen LogP contribution is 2.19. The molecular weight excluding hydrogens is 947 g/mol. The summed E-state index contributed by atoms with van der Waals surface area (Å²) in [6.45, 7) is 4.96. The number of unbranched alkanes of at least 4 members (excludes halogenated alkanes) is 51. The SMILES string of the molecule is CCCCC/C=C\C/C=C\CCCCCCCC(=O)OCCCCCCCCCCCCCCCCCCCCCCCCCCCC(=O)NC(CO)C(O)CCCCCCCCCCCCCCCCCCCCCC. The van der Waals surface area contributed by atoms with Crippen LogP contribution in [0.3, 0.4) is 0 Å². The van der Waals surface area contributed by atoms with Crippen LogP contribution >= 0.6 is 0 Å². The Morgan fingerprint density at radius 1 is 0.364 bits per heavy atom. The van der Waals surface area contributed by atoms with Crippen molar-refractivity contribution in [2.45, 2.75) is 405 Å². The maximum absolute atomic E-state index is 12.5. The molecule has 0 aromatic rings. The van der Waals surface area contributed by atoms with Gasteiger partial charge in [-0.2, -0.15) is 0 Å². The Balaban J connectivity index is 3.36. The zero-order valence-electron chi connectivity index (χ0n) is 52.2. The minimum atomic E-state index is -0.664. The fourth-order valence-corrected chi connectivity index (χ4v) is 11.1. The van der Waals surface area contributed by atoms with Crippen LogP contribution in [-0.2, 0) is 14.3 Å². The molecule has 0 heterocycles. The summed E-state index contributed by atoms with van der Waals surface area (Å²) in [7, 11) is 0. The van der Waals surface area contributed by atoms with Crippen molar-refractivity contribution in [2.75, 3.05) is 13.2 Å². The number of ether oxygens (including phenoxy) is 1. The normalized spacial score (nSPS) is 12.6. The second-order valence-corrected chi connectivity index (χ2v) is 24.2. The number of allylic oxidation sites excluding steroid dienone is 4. The molecule has 0 aliphatic heterocycles. The van der Waals surface area contributed by atoms with Crippen LogP contribution in [0, 0.1) is 0 Å². The van der Waals surface area contributed by atoms with Crippen molar-refractivity contribution in [1.82, 2.24) is 5.32 Å². The van der Waals surface area contributed by atoms with Gasteiger partial charge >= 0.3 is 5.97 Å². The van der Waals surface area contributed by atoms with Crippen molar-refractivity contribution >= 4 is 11.9 Å². The van der Waals surface area contributed by atoms with E-state index in [2.05, 4.69) is 43.5 Å². The van der Waals surface area contributed by atoms with Crippen molar-refractivity contribution in [1.29, 1.82) is 0 Å². The van der Waals surface area contributed by atoms with Crippen molar-refractivity contribution in [3.05, 3.63) is 24.3 Å². The average Bonchev–Trinajstić information content (AvgIpc) is 3.43. The third-order valence-corrected chi connectivity index (χ3v) is 16.5. The number of carbonyl (C=O) groups is 2. The Labute approximate surface area is 481 Å². The van der Waals surface area contributed by atoms with Crippen LogP contribution in [0.4, 0.5) is 0 Å². The summed E-state index contributed by atoms with van der Waals surface area (Å²) >= 11 is 0. The summed E-state index contributed by atoms with van der Waals surface area (Å²) in [4.78, 5) is 24.6. The van der Waals surface area contributed by atoms with Crippen LogP contribution < -0.4 is 5.32 Å². The van der Waals surface area contributed by atoms with E-state index < -0.39 is 12.1 Å². The van der Waals surface area contributed by atoms with E-state index in [0.717, 1.165) is 51.4 Å². The molecule has 456 valence electrons. The summed E-state index contributed by atoms with van der Waals surface area (Å²) in [5, 5.41) is 23.4. The van der Waals surface area contributed by atoms with Gasteiger partial charge in [-0.1, -0.05) is 346 Å². The fourth-order valence-electron chi connectivity index (χ4n) is 11.1. The quantitative estimate of drug-likeness (QED) is 0.0320. The molecule has 6 nitrogen and oxygen atoms in total. The number of hydrogen-bond acceptors (Lipinski definition) is 5. The third kappa shape index (κ3) is 63.4.